The molecule has 0 bridgehead atoms. The van der Waals surface area contributed by atoms with Gasteiger partial charge in [-0.2, -0.15) is 5.01 Å². The molecule has 2 fully saturated rings. The van der Waals surface area contributed by atoms with Crippen LogP contribution in [0.25, 0.3) is 0 Å². The maximum Gasteiger partial charge on any atom is 0.253 e. The molecule has 7 heteroatoms. The summed E-state index contributed by atoms with van der Waals surface area (Å²) in [6.07, 6.45) is 1.14. The van der Waals surface area contributed by atoms with Crippen LogP contribution in [0.1, 0.15) is 26.7 Å². The zero-order valence-corrected chi connectivity index (χ0v) is 11.3. The number of hydrogen-bond donors (Lipinski definition) is 2. The fourth-order valence-electron chi connectivity index (χ4n) is 2.42. The molecule has 2 aliphatic heterocycles. The van der Waals surface area contributed by atoms with E-state index in [1.165, 1.54) is 0 Å². The van der Waals surface area contributed by atoms with Crippen molar-refractivity contribution in [2.24, 2.45) is 5.92 Å². The highest BCUT2D eigenvalue weighted by Gasteiger charge is 2.33. The topological polar surface area (TPSA) is 81.8 Å². The first-order valence-electron chi connectivity index (χ1n) is 6.60. The SMILES string of the molecule is CC(C)C1NC(=O)CN1NC(=O)CN1CCCC1=O. The molecule has 0 aromatic heterocycles. The van der Waals surface area contributed by atoms with Crippen LogP contribution in [0.2, 0.25) is 0 Å². The number of hydrogen-bond acceptors (Lipinski definition) is 4. The van der Waals surface area contributed by atoms with E-state index in [0.717, 1.165) is 6.42 Å². The highest BCUT2D eigenvalue weighted by molar-refractivity contribution is 5.86. The van der Waals surface area contributed by atoms with E-state index in [0.29, 0.717) is 13.0 Å². The van der Waals surface area contributed by atoms with Gasteiger partial charge in [0.1, 0.15) is 12.7 Å². The summed E-state index contributed by atoms with van der Waals surface area (Å²) in [7, 11) is 0. The molecule has 0 aliphatic carbocycles. The second-order valence-corrected chi connectivity index (χ2v) is 5.34. The summed E-state index contributed by atoms with van der Waals surface area (Å²) < 4.78 is 0. The van der Waals surface area contributed by atoms with Crippen molar-refractivity contribution in [2.75, 3.05) is 19.6 Å². The molecule has 3 amide bonds. The normalized spacial score (nSPS) is 24.2. The van der Waals surface area contributed by atoms with Crippen molar-refractivity contribution >= 4 is 17.7 Å². The summed E-state index contributed by atoms with van der Waals surface area (Å²) in [6.45, 7) is 4.80. The average Bonchev–Trinajstić information content (AvgIpc) is 2.86. The zero-order valence-electron chi connectivity index (χ0n) is 11.3. The standard InChI is InChI=1S/C12H20N4O3/c1-8(2)12-13-9(17)7-16(12)14-10(18)6-15-5-3-4-11(15)19/h8,12H,3-7H2,1-2H3,(H,13,17)(H,14,18). The van der Waals surface area contributed by atoms with Gasteiger partial charge in [0.2, 0.25) is 11.8 Å². The summed E-state index contributed by atoms with van der Waals surface area (Å²) in [5.41, 5.74) is 2.71. The van der Waals surface area contributed by atoms with E-state index in [4.69, 9.17) is 0 Å². The Balaban J connectivity index is 1.87. The lowest BCUT2D eigenvalue weighted by Crippen LogP contribution is -2.52. The highest BCUT2D eigenvalue weighted by Crippen LogP contribution is 2.12. The van der Waals surface area contributed by atoms with Gasteiger partial charge in [-0.05, 0) is 12.3 Å². The van der Waals surface area contributed by atoms with Gasteiger partial charge < -0.3 is 10.2 Å². The van der Waals surface area contributed by atoms with Crippen LogP contribution in [-0.4, -0.2) is 53.4 Å². The van der Waals surface area contributed by atoms with Crippen molar-refractivity contribution in [1.29, 1.82) is 0 Å². The van der Waals surface area contributed by atoms with Crippen molar-refractivity contribution in [3.63, 3.8) is 0 Å². The number of nitrogens with zero attached hydrogens (tertiary/aromatic N) is 2. The molecule has 0 radical (unpaired) electrons. The summed E-state index contributed by atoms with van der Waals surface area (Å²) in [6, 6.07) is 0. The minimum atomic E-state index is -0.252. The van der Waals surface area contributed by atoms with E-state index in [9.17, 15) is 14.4 Å². The predicted octanol–water partition coefficient (Wildman–Crippen LogP) is -0.946. The van der Waals surface area contributed by atoms with Crippen LogP contribution in [0, 0.1) is 5.92 Å². The molecule has 19 heavy (non-hydrogen) atoms. The van der Waals surface area contributed by atoms with Gasteiger partial charge >= 0.3 is 0 Å². The zero-order chi connectivity index (χ0) is 14.0. The number of carbonyl (C=O) groups is 3. The lowest BCUT2D eigenvalue weighted by atomic mass is 10.1. The van der Waals surface area contributed by atoms with E-state index < -0.39 is 0 Å². The first-order chi connectivity index (χ1) is 8.97. The van der Waals surface area contributed by atoms with E-state index in [-0.39, 0.29) is 42.9 Å². The Morgan fingerprint density at radius 2 is 2.21 bits per heavy atom. The predicted molar refractivity (Wildman–Crippen MR) is 67.4 cm³/mol. The lowest BCUT2D eigenvalue weighted by Gasteiger charge is -2.27. The van der Waals surface area contributed by atoms with Crippen molar-refractivity contribution in [1.82, 2.24) is 20.7 Å². The summed E-state index contributed by atoms with van der Waals surface area (Å²) in [5.74, 6) is -0.139. The van der Waals surface area contributed by atoms with Gasteiger partial charge in [-0.15, -0.1) is 0 Å². The van der Waals surface area contributed by atoms with Crippen molar-refractivity contribution in [3.05, 3.63) is 0 Å². The molecule has 106 valence electrons. The van der Waals surface area contributed by atoms with Crippen molar-refractivity contribution in [2.45, 2.75) is 32.9 Å². The number of rotatable bonds is 4. The molecule has 0 aromatic carbocycles. The molecule has 7 nitrogen and oxygen atoms in total. The van der Waals surface area contributed by atoms with Crippen molar-refractivity contribution in [3.8, 4) is 0 Å². The molecule has 0 aromatic rings. The van der Waals surface area contributed by atoms with Crippen LogP contribution < -0.4 is 10.7 Å². The van der Waals surface area contributed by atoms with Gasteiger partial charge in [0.15, 0.2) is 0 Å². The molecule has 0 spiro atoms. The largest absolute Gasteiger partial charge is 0.338 e. The molecule has 2 aliphatic rings. The molecule has 2 N–H and O–H groups in total. The molecule has 1 atom stereocenters. The second-order valence-electron chi connectivity index (χ2n) is 5.34. The number of nitrogens with one attached hydrogen (secondary N) is 2. The number of hydrazine groups is 1. The maximum atomic E-state index is 11.9. The smallest absolute Gasteiger partial charge is 0.253 e. The first-order valence-corrected chi connectivity index (χ1v) is 6.60. The minimum Gasteiger partial charge on any atom is -0.338 e. The summed E-state index contributed by atoms with van der Waals surface area (Å²) in [4.78, 5) is 36.3. The van der Waals surface area contributed by atoms with Gasteiger partial charge in [-0.1, -0.05) is 13.8 Å². The molecule has 2 rings (SSSR count). The molecule has 2 saturated heterocycles. The Morgan fingerprint density at radius 1 is 1.47 bits per heavy atom. The molecular weight excluding hydrogens is 248 g/mol. The second kappa shape index (κ2) is 5.56. The fraction of sp³-hybridized carbons (Fsp3) is 0.750. The van der Waals surface area contributed by atoms with Gasteiger partial charge in [0, 0.05) is 13.0 Å². The maximum absolute atomic E-state index is 11.9. The Bertz CT molecular complexity index is 396. The van der Waals surface area contributed by atoms with Crippen LogP contribution in [-0.2, 0) is 14.4 Å². The van der Waals surface area contributed by atoms with E-state index >= 15 is 0 Å². The number of likely N-dealkylation sites (tertiary alicyclic amines) is 1. The molecular formula is C12H20N4O3. The minimum absolute atomic E-state index is 0.0196. The third-order valence-corrected chi connectivity index (χ3v) is 3.36. The van der Waals surface area contributed by atoms with E-state index in [1.807, 2.05) is 13.8 Å². The van der Waals surface area contributed by atoms with Gasteiger partial charge in [-0.25, -0.2) is 0 Å². The van der Waals surface area contributed by atoms with Crippen LogP contribution in [0.15, 0.2) is 0 Å². The third kappa shape index (κ3) is 3.23. The first kappa shape index (κ1) is 13.8. The fourth-order valence-corrected chi connectivity index (χ4v) is 2.42. The van der Waals surface area contributed by atoms with Crippen LogP contribution in [0.3, 0.4) is 0 Å². The number of carbonyl (C=O) groups excluding carboxylic acids is 3. The van der Waals surface area contributed by atoms with Gasteiger partial charge in [-0.3, -0.25) is 19.8 Å². The van der Waals surface area contributed by atoms with E-state index in [1.54, 1.807) is 9.91 Å². The lowest BCUT2D eigenvalue weighted by molar-refractivity contribution is -0.135. The quantitative estimate of drug-likeness (QED) is 0.689. The van der Waals surface area contributed by atoms with Crippen LogP contribution in [0.4, 0.5) is 0 Å². The Hall–Kier alpha value is -1.63. The third-order valence-electron chi connectivity index (χ3n) is 3.36. The number of amides is 3. The Kier molecular flexibility index (Phi) is 4.04. The van der Waals surface area contributed by atoms with Crippen LogP contribution >= 0.6 is 0 Å². The van der Waals surface area contributed by atoms with Crippen LogP contribution in [0.5, 0.6) is 0 Å². The highest BCUT2D eigenvalue weighted by atomic mass is 16.2. The Morgan fingerprint density at radius 3 is 2.79 bits per heavy atom. The summed E-state index contributed by atoms with van der Waals surface area (Å²) >= 11 is 0. The van der Waals surface area contributed by atoms with Gasteiger partial charge in [0.05, 0.1) is 6.54 Å². The summed E-state index contributed by atoms with van der Waals surface area (Å²) in [5, 5.41) is 4.41. The van der Waals surface area contributed by atoms with E-state index in [2.05, 4.69) is 10.7 Å². The monoisotopic (exact) mass is 268 g/mol. The Labute approximate surface area is 112 Å². The average molecular weight is 268 g/mol. The molecule has 2 heterocycles. The van der Waals surface area contributed by atoms with Crippen molar-refractivity contribution < 1.29 is 14.4 Å². The molecule has 1 unspecified atom stereocenters. The van der Waals surface area contributed by atoms with Gasteiger partial charge in [0.25, 0.3) is 5.91 Å². The molecule has 0 saturated carbocycles.